The molecule has 1 aromatic carbocycles. The first-order valence-electron chi connectivity index (χ1n) is 6.40. The lowest BCUT2D eigenvalue weighted by atomic mass is 9.94. The molecule has 2 aromatic rings. The third-order valence-corrected chi connectivity index (χ3v) is 3.03. The molecule has 0 fully saturated rings. The number of hydrogen-bond donors (Lipinski definition) is 1. The maximum Gasteiger partial charge on any atom is 0.306 e. The van der Waals surface area contributed by atoms with Gasteiger partial charge in [-0.3, -0.25) is 4.79 Å². The lowest BCUT2D eigenvalue weighted by Crippen LogP contribution is -2.15. The molecule has 20 heavy (non-hydrogen) atoms. The molecule has 0 aliphatic heterocycles. The van der Waals surface area contributed by atoms with Crippen LogP contribution in [0, 0.1) is 0 Å². The van der Waals surface area contributed by atoms with Crippen LogP contribution in [0.5, 0.6) is 5.75 Å². The molecule has 1 atom stereocenters. The largest absolute Gasteiger partial charge is 0.508 e. The van der Waals surface area contributed by atoms with Crippen LogP contribution in [-0.4, -0.2) is 32.4 Å². The Bertz CT molecular complexity index is 578. The molecule has 1 aromatic heterocycles. The number of rotatable bonds is 5. The summed E-state index contributed by atoms with van der Waals surface area (Å²) < 4.78 is 6.78. The van der Waals surface area contributed by atoms with Gasteiger partial charge in [0.15, 0.2) is 0 Å². The standard InChI is InChI=1S/C14H17N3O3/c1-3-20-13(19)8-12(14-16-15-9-17(14)2)10-4-6-11(18)7-5-10/h4-7,9,12,18H,3,8H2,1-2H3. The Balaban J connectivity index is 2.31. The molecule has 106 valence electrons. The van der Waals surface area contributed by atoms with Gasteiger partial charge in [0.25, 0.3) is 0 Å². The Morgan fingerprint density at radius 1 is 1.40 bits per heavy atom. The van der Waals surface area contributed by atoms with E-state index in [4.69, 9.17) is 4.74 Å². The number of carbonyl (C=O) groups is 1. The van der Waals surface area contributed by atoms with Gasteiger partial charge in [0.2, 0.25) is 0 Å². The Kier molecular flexibility index (Phi) is 4.34. The van der Waals surface area contributed by atoms with Gasteiger partial charge in [-0.25, -0.2) is 0 Å². The number of hydrogen-bond acceptors (Lipinski definition) is 5. The van der Waals surface area contributed by atoms with Gasteiger partial charge < -0.3 is 14.4 Å². The summed E-state index contributed by atoms with van der Waals surface area (Å²) in [6.07, 6.45) is 1.78. The summed E-state index contributed by atoms with van der Waals surface area (Å²) in [5.74, 6) is 0.334. The molecule has 0 saturated carbocycles. The van der Waals surface area contributed by atoms with Gasteiger partial charge in [-0.15, -0.1) is 10.2 Å². The summed E-state index contributed by atoms with van der Waals surface area (Å²) >= 11 is 0. The van der Waals surface area contributed by atoms with Gasteiger partial charge in [-0.1, -0.05) is 12.1 Å². The number of aromatic hydroxyl groups is 1. The van der Waals surface area contributed by atoms with Crippen LogP contribution in [-0.2, 0) is 16.6 Å². The molecule has 0 aliphatic carbocycles. The van der Waals surface area contributed by atoms with Crippen molar-refractivity contribution in [3.8, 4) is 5.75 Å². The summed E-state index contributed by atoms with van der Waals surface area (Å²) in [6, 6.07) is 6.72. The number of esters is 1. The van der Waals surface area contributed by atoms with Crippen molar-refractivity contribution in [2.24, 2.45) is 7.05 Å². The summed E-state index contributed by atoms with van der Waals surface area (Å²) in [4.78, 5) is 11.8. The van der Waals surface area contributed by atoms with Crippen LogP contribution in [0.15, 0.2) is 30.6 Å². The fourth-order valence-corrected chi connectivity index (χ4v) is 2.06. The first-order valence-corrected chi connectivity index (χ1v) is 6.40. The van der Waals surface area contributed by atoms with E-state index in [2.05, 4.69) is 10.2 Å². The number of ether oxygens (including phenoxy) is 1. The molecular weight excluding hydrogens is 258 g/mol. The zero-order chi connectivity index (χ0) is 14.5. The molecule has 6 heteroatoms. The van der Waals surface area contributed by atoms with E-state index in [0.717, 1.165) is 5.56 Å². The highest BCUT2D eigenvalue weighted by atomic mass is 16.5. The highest BCUT2D eigenvalue weighted by molar-refractivity contribution is 5.71. The number of phenols is 1. The molecule has 0 radical (unpaired) electrons. The number of nitrogens with zero attached hydrogens (tertiary/aromatic N) is 3. The molecule has 0 bridgehead atoms. The van der Waals surface area contributed by atoms with E-state index in [1.54, 1.807) is 42.1 Å². The number of benzene rings is 1. The van der Waals surface area contributed by atoms with Crippen LogP contribution in [0.25, 0.3) is 0 Å². The Hall–Kier alpha value is -2.37. The lowest BCUT2D eigenvalue weighted by molar-refractivity contribution is -0.143. The second-order valence-electron chi connectivity index (χ2n) is 4.45. The van der Waals surface area contributed by atoms with Crippen LogP contribution in [0.1, 0.15) is 30.7 Å². The summed E-state index contributed by atoms with van der Waals surface area (Å²) in [5.41, 5.74) is 0.881. The van der Waals surface area contributed by atoms with E-state index >= 15 is 0 Å². The maximum absolute atomic E-state index is 11.8. The number of carbonyl (C=O) groups excluding carboxylic acids is 1. The molecule has 0 amide bonds. The Morgan fingerprint density at radius 3 is 2.65 bits per heavy atom. The van der Waals surface area contributed by atoms with E-state index in [1.165, 1.54) is 0 Å². The van der Waals surface area contributed by atoms with Crippen molar-refractivity contribution in [3.05, 3.63) is 42.0 Å². The van der Waals surface area contributed by atoms with Gasteiger partial charge in [0.1, 0.15) is 17.9 Å². The van der Waals surface area contributed by atoms with Crippen LogP contribution in [0.2, 0.25) is 0 Å². The summed E-state index contributed by atoms with van der Waals surface area (Å²) in [7, 11) is 1.83. The number of aryl methyl sites for hydroxylation is 1. The van der Waals surface area contributed by atoms with E-state index in [0.29, 0.717) is 12.4 Å². The van der Waals surface area contributed by atoms with Crippen molar-refractivity contribution in [2.45, 2.75) is 19.3 Å². The van der Waals surface area contributed by atoms with Gasteiger partial charge in [-0.05, 0) is 24.6 Å². The highest BCUT2D eigenvalue weighted by Gasteiger charge is 2.23. The van der Waals surface area contributed by atoms with Crippen molar-refractivity contribution in [3.63, 3.8) is 0 Å². The van der Waals surface area contributed by atoms with Crippen LogP contribution >= 0.6 is 0 Å². The zero-order valence-electron chi connectivity index (χ0n) is 11.5. The normalized spacial score (nSPS) is 12.1. The van der Waals surface area contributed by atoms with Crippen LogP contribution in [0.3, 0.4) is 0 Å². The number of phenolic OH excluding ortho intramolecular Hbond substituents is 1. The minimum absolute atomic E-state index is 0.182. The monoisotopic (exact) mass is 275 g/mol. The van der Waals surface area contributed by atoms with E-state index in [9.17, 15) is 9.90 Å². The smallest absolute Gasteiger partial charge is 0.306 e. The van der Waals surface area contributed by atoms with E-state index < -0.39 is 0 Å². The van der Waals surface area contributed by atoms with Gasteiger partial charge in [-0.2, -0.15) is 0 Å². The van der Waals surface area contributed by atoms with Crippen molar-refractivity contribution < 1.29 is 14.6 Å². The minimum Gasteiger partial charge on any atom is -0.508 e. The van der Waals surface area contributed by atoms with Crippen molar-refractivity contribution >= 4 is 5.97 Å². The van der Waals surface area contributed by atoms with E-state index in [-0.39, 0.29) is 24.1 Å². The van der Waals surface area contributed by atoms with Crippen molar-refractivity contribution in [1.82, 2.24) is 14.8 Å². The van der Waals surface area contributed by atoms with Gasteiger partial charge >= 0.3 is 5.97 Å². The summed E-state index contributed by atoms with van der Waals surface area (Å²) in [5, 5.41) is 17.3. The van der Waals surface area contributed by atoms with Crippen molar-refractivity contribution in [2.75, 3.05) is 6.61 Å². The predicted octanol–water partition coefficient (Wildman–Crippen LogP) is 1.61. The predicted molar refractivity (Wildman–Crippen MR) is 72.2 cm³/mol. The van der Waals surface area contributed by atoms with Crippen LogP contribution in [0.4, 0.5) is 0 Å². The average molecular weight is 275 g/mol. The first-order chi connectivity index (χ1) is 9.61. The molecule has 6 nitrogen and oxygen atoms in total. The Labute approximate surface area is 117 Å². The number of aromatic nitrogens is 3. The maximum atomic E-state index is 11.8. The quantitative estimate of drug-likeness (QED) is 0.839. The first kappa shape index (κ1) is 14.0. The summed E-state index contributed by atoms with van der Waals surface area (Å²) in [6.45, 7) is 2.12. The Morgan fingerprint density at radius 2 is 2.10 bits per heavy atom. The zero-order valence-corrected chi connectivity index (χ0v) is 11.5. The lowest BCUT2D eigenvalue weighted by Gasteiger charge is -2.15. The highest BCUT2D eigenvalue weighted by Crippen LogP contribution is 2.27. The fraction of sp³-hybridized carbons (Fsp3) is 0.357. The molecule has 0 aliphatic rings. The molecule has 0 spiro atoms. The third-order valence-electron chi connectivity index (χ3n) is 3.03. The molecule has 1 heterocycles. The van der Waals surface area contributed by atoms with E-state index in [1.807, 2.05) is 7.05 Å². The third kappa shape index (κ3) is 3.14. The topological polar surface area (TPSA) is 77.2 Å². The average Bonchev–Trinajstić information content (AvgIpc) is 2.84. The second-order valence-corrected chi connectivity index (χ2v) is 4.45. The van der Waals surface area contributed by atoms with Gasteiger partial charge in [0.05, 0.1) is 18.9 Å². The van der Waals surface area contributed by atoms with Crippen LogP contribution < -0.4 is 0 Å². The molecule has 1 N–H and O–H groups in total. The second kappa shape index (κ2) is 6.18. The SMILES string of the molecule is CCOC(=O)CC(c1ccc(O)cc1)c1nncn1C. The molecule has 0 saturated heterocycles. The molecule has 1 unspecified atom stereocenters. The minimum atomic E-state index is -0.284. The fourth-order valence-electron chi connectivity index (χ4n) is 2.06. The molecular formula is C14H17N3O3. The molecule has 2 rings (SSSR count). The van der Waals surface area contributed by atoms with Crippen molar-refractivity contribution in [1.29, 1.82) is 0 Å². The van der Waals surface area contributed by atoms with Gasteiger partial charge in [0, 0.05) is 7.05 Å².